The van der Waals surface area contributed by atoms with E-state index in [4.69, 9.17) is 9.73 Å². The normalized spacial score (nSPS) is 19.2. The predicted molar refractivity (Wildman–Crippen MR) is 130 cm³/mol. The third-order valence-electron chi connectivity index (χ3n) is 5.53. The van der Waals surface area contributed by atoms with E-state index in [0.717, 1.165) is 77.0 Å². The van der Waals surface area contributed by atoms with Crippen LogP contribution in [0.4, 0.5) is 5.82 Å². The van der Waals surface area contributed by atoms with Crippen LogP contribution in [-0.2, 0) is 11.3 Å². The number of nitrogens with one attached hydrogen (secondary N) is 1. The summed E-state index contributed by atoms with van der Waals surface area (Å²) < 4.78 is 5.78. The number of piperidine rings is 1. The highest BCUT2D eigenvalue weighted by molar-refractivity contribution is 14.0. The maximum absolute atomic E-state index is 5.78. The standard InChI is InChI=1S/C21H36N6O.HI/c1-4-22-21(27-10-7-19(8-11-27)28-5-2)24-17-18-6-9-23-20(16-18)26-14-12-25(3)13-15-26;/h6,9,16,19H,4-5,7-8,10-15,17H2,1-3H3,(H,22,24);1H. The predicted octanol–water partition coefficient (Wildman–Crippen LogP) is 2.42. The zero-order chi connectivity index (χ0) is 19.8. The molecule has 3 rings (SSSR count). The first-order chi connectivity index (χ1) is 13.7. The van der Waals surface area contributed by atoms with Crippen LogP contribution in [0.5, 0.6) is 0 Å². The lowest BCUT2D eigenvalue weighted by Crippen LogP contribution is -2.47. The number of likely N-dealkylation sites (N-methyl/N-ethyl adjacent to an activating group) is 1. The smallest absolute Gasteiger partial charge is 0.194 e. The molecule has 2 aliphatic heterocycles. The van der Waals surface area contributed by atoms with Crippen molar-refractivity contribution >= 4 is 35.8 Å². The number of guanidine groups is 1. The van der Waals surface area contributed by atoms with Gasteiger partial charge in [0.15, 0.2) is 5.96 Å². The molecule has 1 N–H and O–H groups in total. The maximum atomic E-state index is 5.78. The van der Waals surface area contributed by atoms with Crippen LogP contribution >= 0.6 is 24.0 Å². The molecule has 7 nitrogen and oxygen atoms in total. The van der Waals surface area contributed by atoms with E-state index in [1.165, 1.54) is 5.56 Å². The van der Waals surface area contributed by atoms with Gasteiger partial charge in [-0.15, -0.1) is 24.0 Å². The minimum atomic E-state index is 0. The molecule has 0 radical (unpaired) electrons. The fourth-order valence-electron chi connectivity index (χ4n) is 3.83. The lowest BCUT2D eigenvalue weighted by Gasteiger charge is -2.34. The van der Waals surface area contributed by atoms with Gasteiger partial charge in [-0.2, -0.15) is 0 Å². The molecule has 0 amide bonds. The van der Waals surface area contributed by atoms with Crippen molar-refractivity contribution in [2.24, 2.45) is 4.99 Å². The summed E-state index contributed by atoms with van der Waals surface area (Å²) in [5.74, 6) is 2.08. The highest BCUT2D eigenvalue weighted by Crippen LogP contribution is 2.17. The van der Waals surface area contributed by atoms with Crippen LogP contribution < -0.4 is 10.2 Å². The van der Waals surface area contributed by atoms with Gasteiger partial charge in [-0.05, 0) is 51.4 Å². The Labute approximate surface area is 192 Å². The van der Waals surface area contributed by atoms with Crippen molar-refractivity contribution in [2.45, 2.75) is 39.3 Å². The summed E-state index contributed by atoms with van der Waals surface area (Å²) in [6, 6.07) is 4.27. The van der Waals surface area contributed by atoms with Crippen molar-refractivity contribution in [1.29, 1.82) is 0 Å². The van der Waals surface area contributed by atoms with Crippen LogP contribution in [0.25, 0.3) is 0 Å². The number of piperazine rings is 1. The van der Waals surface area contributed by atoms with E-state index in [0.29, 0.717) is 12.6 Å². The molecule has 2 saturated heterocycles. The second kappa shape index (κ2) is 12.5. The Bertz CT molecular complexity index is 627. The Hall–Kier alpha value is -1.13. The molecule has 1 aromatic heterocycles. The molecule has 1 aromatic rings. The molecule has 0 saturated carbocycles. The lowest BCUT2D eigenvalue weighted by atomic mass is 10.1. The van der Waals surface area contributed by atoms with E-state index in [1.54, 1.807) is 0 Å². The van der Waals surface area contributed by atoms with E-state index < -0.39 is 0 Å². The zero-order valence-electron chi connectivity index (χ0n) is 18.1. The van der Waals surface area contributed by atoms with Gasteiger partial charge in [0.05, 0.1) is 12.6 Å². The topological polar surface area (TPSA) is 56.2 Å². The van der Waals surface area contributed by atoms with E-state index >= 15 is 0 Å². The van der Waals surface area contributed by atoms with Gasteiger partial charge < -0.3 is 24.8 Å². The molecule has 2 aliphatic rings. The van der Waals surface area contributed by atoms with Crippen molar-refractivity contribution < 1.29 is 4.74 Å². The van der Waals surface area contributed by atoms with E-state index in [9.17, 15) is 0 Å². The Kier molecular flexibility index (Phi) is 10.4. The van der Waals surface area contributed by atoms with Crippen molar-refractivity contribution in [2.75, 3.05) is 64.4 Å². The highest BCUT2D eigenvalue weighted by Gasteiger charge is 2.21. The zero-order valence-corrected chi connectivity index (χ0v) is 20.5. The number of aromatic nitrogens is 1. The summed E-state index contributed by atoms with van der Waals surface area (Å²) in [5.41, 5.74) is 1.21. The monoisotopic (exact) mass is 516 g/mol. The number of anilines is 1. The molecular weight excluding hydrogens is 479 g/mol. The van der Waals surface area contributed by atoms with Crippen molar-refractivity contribution in [3.05, 3.63) is 23.9 Å². The first-order valence-electron chi connectivity index (χ1n) is 10.7. The first-order valence-corrected chi connectivity index (χ1v) is 10.7. The van der Waals surface area contributed by atoms with Crippen molar-refractivity contribution in [1.82, 2.24) is 20.1 Å². The second-order valence-electron chi connectivity index (χ2n) is 7.62. The molecule has 0 aromatic carbocycles. The number of ether oxygens (including phenoxy) is 1. The summed E-state index contributed by atoms with van der Waals surface area (Å²) in [6.07, 6.45) is 4.46. The van der Waals surface area contributed by atoms with Crippen molar-refractivity contribution in [3.63, 3.8) is 0 Å². The Balaban J connectivity index is 0.00000300. The number of halogens is 1. The number of likely N-dealkylation sites (tertiary alicyclic amines) is 1. The van der Waals surface area contributed by atoms with Gasteiger partial charge in [-0.25, -0.2) is 9.98 Å². The first kappa shape index (κ1) is 24.1. The number of rotatable bonds is 6. The van der Waals surface area contributed by atoms with Crippen LogP contribution in [0, 0.1) is 0 Å². The van der Waals surface area contributed by atoms with Gasteiger partial charge in [0.25, 0.3) is 0 Å². The van der Waals surface area contributed by atoms with Gasteiger partial charge in [-0.3, -0.25) is 0 Å². The Morgan fingerprint density at radius 1 is 1.17 bits per heavy atom. The summed E-state index contributed by atoms with van der Waals surface area (Å²) in [6.45, 7) is 12.8. The minimum Gasteiger partial charge on any atom is -0.378 e. The fourth-order valence-corrected chi connectivity index (χ4v) is 3.83. The number of nitrogens with zero attached hydrogens (tertiary/aromatic N) is 5. The summed E-state index contributed by atoms with van der Waals surface area (Å²) in [7, 11) is 2.18. The summed E-state index contributed by atoms with van der Waals surface area (Å²) in [4.78, 5) is 16.6. The van der Waals surface area contributed by atoms with Crippen molar-refractivity contribution in [3.8, 4) is 0 Å². The number of hydrogen-bond acceptors (Lipinski definition) is 5. The van der Waals surface area contributed by atoms with Gasteiger partial charge in [0.2, 0.25) is 0 Å². The molecule has 0 spiro atoms. The molecule has 2 fully saturated rings. The summed E-state index contributed by atoms with van der Waals surface area (Å²) >= 11 is 0. The SMILES string of the molecule is CCNC(=NCc1ccnc(N2CCN(C)CC2)c1)N1CCC(OCC)CC1.I. The molecule has 0 unspecified atom stereocenters. The fraction of sp³-hybridized carbons (Fsp3) is 0.714. The number of pyridine rings is 1. The average Bonchev–Trinajstić information content (AvgIpc) is 2.73. The van der Waals surface area contributed by atoms with Gasteiger partial charge in [0, 0.05) is 58.6 Å². The third kappa shape index (κ3) is 7.25. The molecule has 0 atom stereocenters. The van der Waals surface area contributed by atoms with Crippen LogP contribution in [0.2, 0.25) is 0 Å². The Morgan fingerprint density at radius 2 is 1.90 bits per heavy atom. The lowest BCUT2D eigenvalue weighted by molar-refractivity contribution is 0.0263. The van der Waals surface area contributed by atoms with Crippen LogP contribution in [-0.4, -0.2) is 86.3 Å². The minimum absolute atomic E-state index is 0. The van der Waals surface area contributed by atoms with Crippen LogP contribution in [0.3, 0.4) is 0 Å². The highest BCUT2D eigenvalue weighted by atomic mass is 127. The molecule has 3 heterocycles. The van der Waals surface area contributed by atoms with E-state index in [-0.39, 0.29) is 24.0 Å². The number of hydrogen-bond donors (Lipinski definition) is 1. The molecule has 164 valence electrons. The van der Waals surface area contributed by atoms with Crippen LogP contribution in [0.15, 0.2) is 23.3 Å². The Morgan fingerprint density at radius 3 is 2.55 bits per heavy atom. The molecule has 0 bridgehead atoms. The van der Waals surface area contributed by atoms with E-state index in [1.807, 2.05) is 6.20 Å². The third-order valence-corrected chi connectivity index (χ3v) is 5.53. The van der Waals surface area contributed by atoms with Gasteiger partial charge in [-0.1, -0.05) is 0 Å². The largest absolute Gasteiger partial charge is 0.378 e. The number of aliphatic imine (C=N–C) groups is 1. The second-order valence-corrected chi connectivity index (χ2v) is 7.62. The molecule has 0 aliphatic carbocycles. The quantitative estimate of drug-likeness (QED) is 0.356. The molecule has 29 heavy (non-hydrogen) atoms. The van der Waals surface area contributed by atoms with E-state index in [2.05, 4.69) is 58.0 Å². The maximum Gasteiger partial charge on any atom is 0.194 e. The molecule has 8 heteroatoms. The average molecular weight is 516 g/mol. The van der Waals surface area contributed by atoms with Gasteiger partial charge >= 0.3 is 0 Å². The van der Waals surface area contributed by atoms with Gasteiger partial charge in [0.1, 0.15) is 5.82 Å². The molecular formula is C21H37IN6O. The summed E-state index contributed by atoms with van der Waals surface area (Å²) in [5, 5.41) is 3.46. The van der Waals surface area contributed by atoms with Crippen LogP contribution in [0.1, 0.15) is 32.3 Å².